The highest BCUT2D eigenvalue weighted by atomic mass is 79.9. The average Bonchev–Trinajstić information content (AvgIpc) is 2.81. The van der Waals surface area contributed by atoms with Crippen LogP contribution in [0.25, 0.3) is 0 Å². The first kappa shape index (κ1) is 14.0. The molecule has 0 aromatic heterocycles. The van der Waals surface area contributed by atoms with Crippen molar-refractivity contribution in [2.75, 3.05) is 18.4 Å². The van der Waals surface area contributed by atoms with Crippen LogP contribution in [-0.2, 0) is 4.79 Å². The van der Waals surface area contributed by atoms with E-state index in [2.05, 4.69) is 26.6 Å². The van der Waals surface area contributed by atoms with Crippen LogP contribution in [0.2, 0.25) is 0 Å². The number of halogens is 1. The SMILES string of the molecule is O=C(CC1CCNC1)Nc1ccc([N+](=O)[O-])c(Br)c1. The largest absolute Gasteiger partial charge is 0.326 e. The van der Waals surface area contributed by atoms with Crippen molar-refractivity contribution >= 4 is 33.2 Å². The summed E-state index contributed by atoms with van der Waals surface area (Å²) in [6.07, 6.45) is 1.49. The van der Waals surface area contributed by atoms with E-state index in [0.717, 1.165) is 19.5 Å². The Labute approximate surface area is 118 Å². The molecule has 2 rings (SSSR count). The second-order valence-corrected chi connectivity index (χ2v) is 5.39. The van der Waals surface area contributed by atoms with Gasteiger partial charge in [0.1, 0.15) is 0 Å². The van der Waals surface area contributed by atoms with Crippen molar-refractivity contribution in [1.82, 2.24) is 5.32 Å². The van der Waals surface area contributed by atoms with Crippen LogP contribution >= 0.6 is 15.9 Å². The van der Waals surface area contributed by atoms with E-state index in [1.54, 1.807) is 6.07 Å². The van der Waals surface area contributed by atoms with E-state index in [1.807, 2.05) is 0 Å². The summed E-state index contributed by atoms with van der Waals surface area (Å²) in [4.78, 5) is 22.0. The molecule has 1 saturated heterocycles. The van der Waals surface area contributed by atoms with Crippen LogP contribution in [0.4, 0.5) is 11.4 Å². The molecule has 2 N–H and O–H groups in total. The summed E-state index contributed by atoms with van der Waals surface area (Å²) in [7, 11) is 0. The Kier molecular flexibility index (Phi) is 4.49. The number of rotatable bonds is 4. The van der Waals surface area contributed by atoms with E-state index < -0.39 is 4.92 Å². The Morgan fingerprint density at radius 1 is 1.58 bits per heavy atom. The maximum Gasteiger partial charge on any atom is 0.283 e. The number of anilines is 1. The van der Waals surface area contributed by atoms with Crippen molar-refractivity contribution in [2.24, 2.45) is 5.92 Å². The first-order valence-electron chi connectivity index (χ1n) is 6.01. The first-order chi connectivity index (χ1) is 9.06. The van der Waals surface area contributed by atoms with Gasteiger partial charge in [-0.1, -0.05) is 0 Å². The lowest BCUT2D eigenvalue weighted by molar-refractivity contribution is -0.385. The van der Waals surface area contributed by atoms with E-state index in [9.17, 15) is 14.9 Å². The lowest BCUT2D eigenvalue weighted by Crippen LogP contribution is -2.18. The van der Waals surface area contributed by atoms with Crippen LogP contribution in [0.15, 0.2) is 22.7 Å². The molecule has 1 atom stereocenters. The van der Waals surface area contributed by atoms with Crippen molar-refractivity contribution < 1.29 is 9.72 Å². The number of nitrogens with one attached hydrogen (secondary N) is 2. The van der Waals surface area contributed by atoms with E-state index in [-0.39, 0.29) is 11.6 Å². The van der Waals surface area contributed by atoms with E-state index in [4.69, 9.17) is 0 Å². The average molecular weight is 328 g/mol. The van der Waals surface area contributed by atoms with Gasteiger partial charge < -0.3 is 10.6 Å². The summed E-state index contributed by atoms with van der Waals surface area (Å²) in [5, 5.41) is 16.6. The maximum atomic E-state index is 11.8. The van der Waals surface area contributed by atoms with Gasteiger partial charge in [-0.25, -0.2) is 0 Å². The van der Waals surface area contributed by atoms with Crippen molar-refractivity contribution in [3.8, 4) is 0 Å². The Balaban J connectivity index is 1.96. The number of hydrogen-bond donors (Lipinski definition) is 2. The molecule has 1 aromatic rings. The van der Waals surface area contributed by atoms with Gasteiger partial charge in [0, 0.05) is 18.2 Å². The molecule has 102 valence electrons. The van der Waals surface area contributed by atoms with E-state index >= 15 is 0 Å². The van der Waals surface area contributed by atoms with Crippen molar-refractivity contribution in [2.45, 2.75) is 12.8 Å². The highest BCUT2D eigenvalue weighted by Gasteiger charge is 2.18. The molecule has 1 heterocycles. The second-order valence-electron chi connectivity index (χ2n) is 4.53. The van der Waals surface area contributed by atoms with Crippen LogP contribution in [0.1, 0.15) is 12.8 Å². The van der Waals surface area contributed by atoms with Gasteiger partial charge in [-0.2, -0.15) is 0 Å². The van der Waals surface area contributed by atoms with Gasteiger partial charge in [0.25, 0.3) is 5.69 Å². The molecule has 1 fully saturated rings. The van der Waals surface area contributed by atoms with Gasteiger partial charge in [0.15, 0.2) is 0 Å². The third-order valence-electron chi connectivity index (χ3n) is 3.06. The molecule has 0 spiro atoms. The normalized spacial score (nSPS) is 18.3. The number of benzene rings is 1. The molecule has 1 unspecified atom stereocenters. The van der Waals surface area contributed by atoms with Gasteiger partial charge in [-0.15, -0.1) is 0 Å². The predicted molar refractivity (Wildman–Crippen MR) is 75.0 cm³/mol. The molecule has 1 aliphatic heterocycles. The van der Waals surface area contributed by atoms with Crippen LogP contribution in [0.3, 0.4) is 0 Å². The van der Waals surface area contributed by atoms with Crippen molar-refractivity contribution in [1.29, 1.82) is 0 Å². The molecular weight excluding hydrogens is 314 g/mol. The molecule has 19 heavy (non-hydrogen) atoms. The van der Waals surface area contributed by atoms with Crippen LogP contribution in [0.5, 0.6) is 0 Å². The lowest BCUT2D eigenvalue weighted by atomic mass is 10.0. The minimum atomic E-state index is -0.472. The standard InChI is InChI=1S/C12H14BrN3O3/c13-10-6-9(1-2-11(10)16(18)19)15-12(17)5-8-3-4-14-7-8/h1-2,6,8,14H,3-5,7H2,(H,15,17). The van der Waals surface area contributed by atoms with Gasteiger partial charge in [-0.05, 0) is 53.5 Å². The molecule has 0 radical (unpaired) electrons. The summed E-state index contributed by atoms with van der Waals surface area (Å²) < 4.78 is 0.359. The van der Waals surface area contributed by atoms with Crippen LogP contribution < -0.4 is 10.6 Å². The van der Waals surface area contributed by atoms with Crippen molar-refractivity contribution in [3.63, 3.8) is 0 Å². The number of nitro benzene ring substituents is 1. The monoisotopic (exact) mass is 327 g/mol. The van der Waals surface area contributed by atoms with E-state index in [1.165, 1.54) is 12.1 Å². The Hall–Kier alpha value is -1.47. The summed E-state index contributed by atoms with van der Waals surface area (Å²) in [6.45, 7) is 1.83. The predicted octanol–water partition coefficient (Wildman–Crippen LogP) is 2.30. The number of nitro groups is 1. The number of nitrogens with zero attached hydrogens (tertiary/aromatic N) is 1. The molecule has 7 heteroatoms. The van der Waals surface area contributed by atoms with Gasteiger partial charge in [-0.3, -0.25) is 14.9 Å². The summed E-state index contributed by atoms with van der Waals surface area (Å²) in [6, 6.07) is 4.45. The molecule has 6 nitrogen and oxygen atoms in total. The smallest absolute Gasteiger partial charge is 0.283 e. The Morgan fingerprint density at radius 3 is 2.95 bits per heavy atom. The quantitative estimate of drug-likeness (QED) is 0.656. The lowest BCUT2D eigenvalue weighted by Gasteiger charge is -2.09. The molecule has 0 aliphatic carbocycles. The fourth-order valence-electron chi connectivity index (χ4n) is 2.10. The molecule has 0 saturated carbocycles. The third kappa shape index (κ3) is 3.74. The number of carbonyl (C=O) groups is 1. The number of carbonyl (C=O) groups excluding carboxylic acids is 1. The van der Waals surface area contributed by atoms with Crippen LogP contribution in [-0.4, -0.2) is 23.9 Å². The number of hydrogen-bond acceptors (Lipinski definition) is 4. The third-order valence-corrected chi connectivity index (χ3v) is 3.70. The number of amides is 1. The molecular formula is C12H14BrN3O3. The van der Waals surface area contributed by atoms with Crippen molar-refractivity contribution in [3.05, 3.63) is 32.8 Å². The van der Waals surface area contributed by atoms with Gasteiger partial charge >= 0.3 is 0 Å². The van der Waals surface area contributed by atoms with Gasteiger partial charge in [0.05, 0.1) is 9.40 Å². The van der Waals surface area contributed by atoms with Gasteiger partial charge in [0.2, 0.25) is 5.91 Å². The molecule has 1 aliphatic rings. The molecule has 1 amide bonds. The first-order valence-corrected chi connectivity index (χ1v) is 6.80. The highest BCUT2D eigenvalue weighted by molar-refractivity contribution is 9.10. The molecule has 0 bridgehead atoms. The van der Waals surface area contributed by atoms with E-state index in [0.29, 0.717) is 22.5 Å². The minimum Gasteiger partial charge on any atom is -0.326 e. The fourth-order valence-corrected chi connectivity index (χ4v) is 2.62. The molecule has 1 aromatic carbocycles. The zero-order valence-corrected chi connectivity index (χ0v) is 11.8. The van der Waals surface area contributed by atoms with Crippen LogP contribution in [0, 0.1) is 16.0 Å². The zero-order chi connectivity index (χ0) is 13.8. The Morgan fingerprint density at radius 2 is 2.37 bits per heavy atom. The topological polar surface area (TPSA) is 84.3 Å². The second kappa shape index (κ2) is 6.12. The Bertz CT molecular complexity index is 501. The minimum absolute atomic E-state index is 0.0157. The fraction of sp³-hybridized carbons (Fsp3) is 0.417. The zero-order valence-electron chi connectivity index (χ0n) is 10.2. The maximum absolute atomic E-state index is 11.8. The highest BCUT2D eigenvalue weighted by Crippen LogP contribution is 2.27. The summed E-state index contributed by atoms with van der Waals surface area (Å²) in [5.41, 5.74) is 0.548. The summed E-state index contributed by atoms with van der Waals surface area (Å²) in [5.74, 6) is 0.316. The summed E-state index contributed by atoms with van der Waals surface area (Å²) >= 11 is 3.12.